The van der Waals surface area contributed by atoms with Crippen LogP contribution in [0.2, 0.25) is 0 Å². The van der Waals surface area contributed by atoms with E-state index in [2.05, 4.69) is 17.1 Å². The summed E-state index contributed by atoms with van der Waals surface area (Å²) in [6, 6.07) is 20.2. The second-order valence-corrected chi connectivity index (χ2v) is 4.55. The topological polar surface area (TPSA) is 22.1 Å². The van der Waals surface area contributed by atoms with Crippen LogP contribution in [0.25, 0.3) is 10.9 Å². The maximum atomic E-state index is 5.81. The largest absolute Gasteiger partial charge is 0.487 e. The van der Waals surface area contributed by atoms with Gasteiger partial charge in [0.1, 0.15) is 12.4 Å². The van der Waals surface area contributed by atoms with Gasteiger partial charge in [-0.15, -0.1) is 0 Å². The molecule has 1 aromatic heterocycles. The summed E-state index contributed by atoms with van der Waals surface area (Å²) in [7, 11) is 0. The normalized spacial score (nSPS) is 10.6. The first-order valence-electron chi connectivity index (χ1n) is 6.36. The Morgan fingerprint density at radius 2 is 1.68 bits per heavy atom. The van der Waals surface area contributed by atoms with E-state index < -0.39 is 0 Å². The quantitative estimate of drug-likeness (QED) is 0.696. The maximum absolute atomic E-state index is 5.81. The summed E-state index contributed by atoms with van der Waals surface area (Å²) >= 11 is 0. The van der Waals surface area contributed by atoms with Crippen molar-refractivity contribution in [2.45, 2.75) is 13.5 Å². The molecule has 94 valence electrons. The van der Waals surface area contributed by atoms with E-state index >= 15 is 0 Å². The monoisotopic (exact) mass is 249 g/mol. The molecule has 0 unspecified atom stereocenters. The lowest BCUT2D eigenvalue weighted by molar-refractivity contribution is 0.300. The molecule has 3 rings (SSSR count). The number of benzene rings is 2. The lowest BCUT2D eigenvalue weighted by Gasteiger charge is -2.08. The van der Waals surface area contributed by atoms with Gasteiger partial charge in [0.2, 0.25) is 0 Å². The summed E-state index contributed by atoms with van der Waals surface area (Å²) in [6.07, 6.45) is 0. The fraction of sp³-hybridized carbons (Fsp3) is 0.118. The average Bonchev–Trinajstić information content (AvgIpc) is 2.46. The van der Waals surface area contributed by atoms with Crippen molar-refractivity contribution in [3.8, 4) is 5.75 Å². The van der Waals surface area contributed by atoms with E-state index in [0.29, 0.717) is 6.61 Å². The Labute approximate surface area is 112 Å². The van der Waals surface area contributed by atoms with Crippen LogP contribution in [0.3, 0.4) is 0 Å². The van der Waals surface area contributed by atoms with Crippen molar-refractivity contribution < 1.29 is 4.74 Å². The predicted molar refractivity (Wildman–Crippen MR) is 77.3 cm³/mol. The summed E-state index contributed by atoms with van der Waals surface area (Å²) in [4.78, 5) is 4.59. The third-order valence-electron chi connectivity index (χ3n) is 3.13. The van der Waals surface area contributed by atoms with Crippen LogP contribution in [0.15, 0.2) is 60.7 Å². The number of rotatable bonds is 3. The highest BCUT2D eigenvalue weighted by Crippen LogP contribution is 2.18. The molecule has 0 atom stereocenters. The van der Waals surface area contributed by atoms with Crippen LogP contribution in [0.1, 0.15) is 11.3 Å². The Hall–Kier alpha value is -2.35. The van der Waals surface area contributed by atoms with Crippen LogP contribution in [-0.4, -0.2) is 4.98 Å². The molecule has 0 bridgehead atoms. The molecule has 1 heterocycles. The van der Waals surface area contributed by atoms with E-state index in [9.17, 15) is 0 Å². The molecule has 2 aromatic carbocycles. The molecule has 0 N–H and O–H groups in total. The molecule has 2 nitrogen and oxygen atoms in total. The summed E-state index contributed by atoms with van der Waals surface area (Å²) in [5, 5.41) is 1.15. The molecule has 0 aliphatic rings. The standard InChI is InChI=1S/C17H15NO/c1-13-6-2-5-9-17(13)19-12-15-11-10-14-7-3-4-8-16(14)18-15/h2-11H,12H2,1H3. The first-order valence-corrected chi connectivity index (χ1v) is 6.36. The number of fused-ring (bicyclic) bond motifs is 1. The van der Waals surface area contributed by atoms with E-state index in [1.165, 1.54) is 0 Å². The van der Waals surface area contributed by atoms with E-state index in [-0.39, 0.29) is 0 Å². The van der Waals surface area contributed by atoms with Crippen molar-refractivity contribution in [2.24, 2.45) is 0 Å². The molecule has 0 aliphatic heterocycles. The smallest absolute Gasteiger partial charge is 0.130 e. The SMILES string of the molecule is Cc1ccccc1OCc1ccc2ccccc2n1. The summed E-state index contributed by atoms with van der Waals surface area (Å²) < 4.78 is 5.81. The van der Waals surface area contributed by atoms with Gasteiger partial charge in [-0.2, -0.15) is 0 Å². The van der Waals surface area contributed by atoms with Gasteiger partial charge in [-0.05, 0) is 30.7 Å². The highest BCUT2D eigenvalue weighted by molar-refractivity contribution is 5.78. The Balaban J connectivity index is 1.80. The molecular weight excluding hydrogens is 234 g/mol. The minimum Gasteiger partial charge on any atom is -0.487 e. The number of hydrogen-bond acceptors (Lipinski definition) is 2. The zero-order chi connectivity index (χ0) is 13.1. The fourth-order valence-corrected chi connectivity index (χ4v) is 2.06. The Morgan fingerprint density at radius 3 is 2.58 bits per heavy atom. The van der Waals surface area contributed by atoms with Crippen LogP contribution in [0, 0.1) is 6.92 Å². The maximum Gasteiger partial charge on any atom is 0.130 e. The van der Waals surface area contributed by atoms with Crippen molar-refractivity contribution in [2.75, 3.05) is 0 Å². The highest BCUT2D eigenvalue weighted by atomic mass is 16.5. The van der Waals surface area contributed by atoms with Crippen LogP contribution in [0.4, 0.5) is 0 Å². The lowest BCUT2D eigenvalue weighted by Crippen LogP contribution is -1.99. The summed E-state index contributed by atoms with van der Waals surface area (Å²) in [5.41, 5.74) is 3.10. The number of hydrogen-bond donors (Lipinski definition) is 0. The Kier molecular flexibility index (Phi) is 3.15. The molecule has 0 saturated heterocycles. The van der Waals surface area contributed by atoms with Gasteiger partial charge in [-0.1, -0.05) is 42.5 Å². The minimum atomic E-state index is 0.496. The molecule has 0 aliphatic carbocycles. The fourth-order valence-electron chi connectivity index (χ4n) is 2.06. The third kappa shape index (κ3) is 2.58. The Bertz CT molecular complexity index is 706. The average molecular weight is 249 g/mol. The minimum absolute atomic E-state index is 0.496. The van der Waals surface area contributed by atoms with Crippen molar-refractivity contribution in [3.05, 3.63) is 71.9 Å². The first kappa shape index (κ1) is 11.7. The molecule has 3 aromatic rings. The summed E-state index contributed by atoms with van der Waals surface area (Å²) in [5.74, 6) is 0.914. The van der Waals surface area contributed by atoms with Gasteiger partial charge >= 0.3 is 0 Å². The lowest BCUT2D eigenvalue weighted by atomic mass is 10.2. The second-order valence-electron chi connectivity index (χ2n) is 4.55. The first-order chi connectivity index (χ1) is 9.33. The molecule has 0 amide bonds. The van der Waals surface area contributed by atoms with Gasteiger partial charge in [0.05, 0.1) is 11.2 Å². The van der Waals surface area contributed by atoms with Crippen LogP contribution >= 0.6 is 0 Å². The number of nitrogens with zero attached hydrogens (tertiary/aromatic N) is 1. The molecule has 2 heteroatoms. The van der Waals surface area contributed by atoms with Crippen LogP contribution in [-0.2, 0) is 6.61 Å². The van der Waals surface area contributed by atoms with Crippen LogP contribution < -0.4 is 4.74 Å². The van der Waals surface area contributed by atoms with Gasteiger partial charge in [-0.25, -0.2) is 4.98 Å². The molecule has 19 heavy (non-hydrogen) atoms. The van der Waals surface area contributed by atoms with Gasteiger partial charge < -0.3 is 4.74 Å². The molecule has 0 saturated carbocycles. The zero-order valence-corrected chi connectivity index (χ0v) is 10.8. The second kappa shape index (κ2) is 5.11. The molecule has 0 spiro atoms. The predicted octanol–water partition coefficient (Wildman–Crippen LogP) is 4.12. The van der Waals surface area contributed by atoms with Crippen LogP contribution in [0.5, 0.6) is 5.75 Å². The van der Waals surface area contributed by atoms with Crippen molar-refractivity contribution in [1.82, 2.24) is 4.98 Å². The van der Waals surface area contributed by atoms with E-state index in [1.54, 1.807) is 0 Å². The highest BCUT2D eigenvalue weighted by Gasteiger charge is 2.01. The number of aromatic nitrogens is 1. The third-order valence-corrected chi connectivity index (χ3v) is 3.13. The van der Waals surface area contributed by atoms with Gasteiger partial charge in [0.25, 0.3) is 0 Å². The Morgan fingerprint density at radius 1 is 0.895 bits per heavy atom. The molecule has 0 fully saturated rings. The van der Waals surface area contributed by atoms with Gasteiger partial charge in [0, 0.05) is 5.39 Å². The number of pyridine rings is 1. The zero-order valence-electron chi connectivity index (χ0n) is 10.8. The van der Waals surface area contributed by atoms with E-state index in [1.807, 2.05) is 55.5 Å². The molecular formula is C17H15NO. The van der Waals surface area contributed by atoms with Gasteiger partial charge in [-0.3, -0.25) is 0 Å². The number of para-hydroxylation sites is 2. The molecule has 0 radical (unpaired) electrons. The van der Waals surface area contributed by atoms with Crippen molar-refractivity contribution in [1.29, 1.82) is 0 Å². The van der Waals surface area contributed by atoms with Crippen molar-refractivity contribution >= 4 is 10.9 Å². The van der Waals surface area contributed by atoms with Gasteiger partial charge in [0.15, 0.2) is 0 Å². The number of ether oxygens (including phenoxy) is 1. The van der Waals surface area contributed by atoms with E-state index in [4.69, 9.17) is 4.74 Å². The van der Waals surface area contributed by atoms with Crippen molar-refractivity contribution in [3.63, 3.8) is 0 Å². The van der Waals surface area contributed by atoms with E-state index in [0.717, 1.165) is 27.9 Å². The number of aryl methyl sites for hydroxylation is 1. The summed E-state index contributed by atoms with van der Waals surface area (Å²) in [6.45, 7) is 2.54.